The zero-order valence-corrected chi connectivity index (χ0v) is 21.0. The highest BCUT2D eigenvalue weighted by molar-refractivity contribution is 5.95. The van der Waals surface area contributed by atoms with Crippen molar-refractivity contribution < 1.29 is 19.7 Å². The second kappa shape index (κ2) is 8.71. The molecule has 0 spiro atoms. The van der Waals surface area contributed by atoms with E-state index in [0.717, 1.165) is 35.7 Å². The molecule has 0 amide bonds. The van der Waals surface area contributed by atoms with Gasteiger partial charge in [0.25, 0.3) is 5.95 Å². The van der Waals surface area contributed by atoms with Crippen LogP contribution < -0.4 is 10.8 Å². The van der Waals surface area contributed by atoms with Gasteiger partial charge in [0.15, 0.2) is 0 Å². The third-order valence-electron chi connectivity index (χ3n) is 8.88. The quantitative estimate of drug-likeness (QED) is 0.492. The summed E-state index contributed by atoms with van der Waals surface area (Å²) < 4.78 is 7.48. The summed E-state index contributed by atoms with van der Waals surface area (Å²) in [6, 6.07) is 3.70. The number of furan rings is 1. The molecular formula is C28H34N4O4. The van der Waals surface area contributed by atoms with Gasteiger partial charge in [0.05, 0.1) is 18.3 Å². The molecule has 8 heteroatoms. The van der Waals surface area contributed by atoms with Gasteiger partial charge in [-0.2, -0.15) is 4.99 Å². The average Bonchev–Trinajstić information content (AvgIpc) is 3.34. The number of hydrogen-bond acceptors (Lipinski definition) is 5. The Kier molecular flexibility index (Phi) is 5.92. The van der Waals surface area contributed by atoms with Gasteiger partial charge in [0.2, 0.25) is 5.96 Å². The van der Waals surface area contributed by atoms with Crippen LogP contribution in [0, 0.1) is 28.1 Å². The molecule has 190 valence electrons. The third kappa shape index (κ3) is 3.79. The summed E-state index contributed by atoms with van der Waals surface area (Å²) in [7, 11) is 1.86. The molecule has 2 fully saturated rings. The first-order valence-electron chi connectivity index (χ1n) is 12.4. The number of guanidine groups is 1. The maximum Gasteiger partial charge on any atom is 0.289 e. The largest absolute Gasteiger partial charge is 0.480 e. The predicted octanol–water partition coefficient (Wildman–Crippen LogP) is 2.89. The number of aromatic nitrogens is 1. The van der Waals surface area contributed by atoms with E-state index in [-0.39, 0.29) is 35.8 Å². The summed E-state index contributed by atoms with van der Waals surface area (Å²) in [6.07, 6.45) is 10.2. The van der Waals surface area contributed by atoms with Crippen molar-refractivity contribution in [1.29, 1.82) is 5.41 Å². The van der Waals surface area contributed by atoms with Gasteiger partial charge in [-0.1, -0.05) is 38.2 Å². The van der Waals surface area contributed by atoms with Crippen molar-refractivity contribution in [2.75, 3.05) is 6.61 Å². The van der Waals surface area contributed by atoms with E-state index in [1.54, 1.807) is 12.3 Å². The van der Waals surface area contributed by atoms with Crippen molar-refractivity contribution in [3.63, 3.8) is 0 Å². The van der Waals surface area contributed by atoms with Gasteiger partial charge >= 0.3 is 0 Å². The summed E-state index contributed by atoms with van der Waals surface area (Å²) in [6.45, 7) is 8.57. The van der Waals surface area contributed by atoms with Crippen molar-refractivity contribution in [3.05, 3.63) is 58.1 Å². The van der Waals surface area contributed by atoms with Gasteiger partial charge in [0.1, 0.15) is 11.2 Å². The van der Waals surface area contributed by atoms with E-state index >= 15 is 0 Å². The minimum Gasteiger partial charge on any atom is -0.480 e. The van der Waals surface area contributed by atoms with Crippen molar-refractivity contribution >= 4 is 24.3 Å². The van der Waals surface area contributed by atoms with Crippen LogP contribution in [0.15, 0.2) is 44.8 Å². The summed E-state index contributed by atoms with van der Waals surface area (Å²) in [5.41, 5.74) is 2.51. The number of nitrogens with zero attached hydrogens (tertiary/aromatic N) is 3. The van der Waals surface area contributed by atoms with Crippen molar-refractivity contribution in [2.24, 2.45) is 39.7 Å². The highest BCUT2D eigenvalue weighted by Gasteiger charge is 2.57. The van der Waals surface area contributed by atoms with E-state index in [9.17, 15) is 15.3 Å². The SMILES string of the molecule is C=C1CCC2[C@](C)(CC[C@H](O)[C@@]2(C)CO)C1/C=C/c1cc(/C=c2/cc3c(n2C)=NC(=N)N=C3)oc1O. The van der Waals surface area contributed by atoms with Crippen LogP contribution in [0.4, 0.5) is 0 Å². The molecule has 4 N–H and O–H groups in total. The van der Waals surface area contributed by atoms with Gasteiger partial charge < -0.3 is 24.3 Å². The Hall–Kier alpha value is -3.23. The average molecular weight is 491 g/mol. The molecule has 3 aliphatic rings. The first-order valence-corrected chi connectivity index (χ1v) is 12.4. The number of fused-ring (bicyclic) bond motifs is 2. The molecule has 0 radical (unpaired) electrons. The smallest absolute Gasteiger partial charge is 0.289 e. The molecule has 2 saturated carbocycles. The van der Waals surface area contributed by atoms with Crippen LogP contribution in [-0.4, -0.2) is 44.8 Å². The molecule has 8 nitrogen and oxygen atoms in total. The molecular weight excluding hydrogens is 456 g/mol. The molecule has 3 heterocycles. The van der Waals surface area contributed by atoms with Gasteiger partial charge in [0, 0.05) is 41.6 Å². The van der Waals surface area contributed by atoms with E-state index in [2.05, 4.69) is 29.6 Å². The summed E-state index contributed by atoms with van der Waals surface area (Å²) >= 11 is 0. The van der Waals surface area contributed by atoms with Gasteiger partial charge in [-0.15, -0.1) is 0 Å². The normalized spacial score (nSPS) is 32.6. The number of aliphatic imine (C=N–C) groups is 1. The molecule has 0 aromatic carbocycles. The minimum absolute atomic E-state index is 0.0367. The molecule has 5 atom stereocenters. The number of rotatable bonds is 4. The van der Waals surface area contributed by atoms with Crippen LogP contribution in [0.25, 0.3) is 12.2 Å². The predicted molar refractivity (Wildman–Crippen MR) is 138 cm³/mol. The molecule has 2 aliphatic carbocycles. The molecule has 0 bridgehead atoms. The van der Waals surface area contributed by atoms with Gasteiger partial charge in [-0.3, -0.25) is 5.41 Å². The lowest BCUT2D eigenvalue weighted by molar-refractivity contribution is -0.145. The Morgan fingerprint density at radius 1 is 1.31 bits per heavy atom. The zero-order chi connectivity index (χ0) is 25.8. The Labute approximate surface area is 210 Å². The zero-order valence-electron chi connectivity index (χ0n) is 21.0. The Balaban J connectivity index is 1.45. The number of nitrogens with one attached hydrogen (secondary N) is 1. The molecule has 1 aliphatic heterocycles. The van der Waals surface area contributed by atoms with E-state index in [0.29, 0.717) is 23.2 Å². The van der Waals surface area contributed by atoms with E-state index in [1.807, 2.05) is 36.8 Å². The maximum atomic E-state index is 10.7. The lowest BCUT2D eigenvalue weighted by Gasteiger charge is -2.59. The van der Waals surface area contributed by atoms with E-state index in [4.69, 9.17) is 9.83 Å². The first-order chi connectivity index (χ1) is 17.1. The second-order valence-electron chi connectivity index (χ2n) is 11.0. The maximum absolute atomic E-state index is 10.7. The van der Waals surface area contributed by atoms with Gasteiger partial charge in [-0.25, -0.2) is 4.99 Å². The van der Waals surface area contributed by atoms with Crippen molar-refractivity contribution in [1.82, 2.24) is 4.57 Å². The summed E-state index contributed by atoms with van der Waals surface area (Å²) in [5.74, 6) is 0.529. The molecule has 2 unspecified atom stereocenters. The monoisotopic (exact) mass is 490 g/mol. The van der Waals surface area contributed by atoms with Crippen LogP contribution >= 0.6 is 0 Å². The first kappa shape index (κ1) is 24.5. The summed E-state index contributed by atoms with van der Waals surface area (Å²) in [5, 5.41) is 39.9. The van der Waals surface area contributed by atoms with Crippen LogP contribution in [-0.2, 0) is 7.05 Å². The molecule has 0 saturated heterocycles. The topological polar surface area (TPSA) is 127 Å². The van der Waals surface area contributed by atoms with Crippen LogP contribution in [0.3, 0.4) is 0 Å². The lowest BCUT2D eigenvalue weighted by Crippen LogP contribution is -2.57. The molecule has 5 rings (SSSR count). The number of aliphatic hydroxyl groups is 2. The minimum atomic E-state index is -0.538. The summed E-state index contributed by atoms with van der Waals surface area (Å²) in [4.78, 5) is 8.11. The Morgan fingerprint density at radius 3 is 2.83 bits per heavy atom. The third-order valence-corrected chi connectivity index (χ3v) is 8.88. The Morgan fingerprint density at radius 2 is 2.08 bits per heavy atom. The fraction of sp³-hybridized carbons (Fsp3) is 0.464. The highest BCUT2D eigenvalue weighted by Crippen LogP contribution is 2.61. The fourth-order valence-electron chi connectivity index (χ4n) is 6.71. The highest BCUT2D eigenvalue weighted by atomic mass is 16.5. The van der Waals surface area contributed by atoms with Crippen molar-refractivity contribution in [3.8, 4) is 5.95 Å². The second-order valence-corrected chi connectivity index (χ2v) is 11.0. The standard InChI is InChI=1S/C28H34N4O4/c1-16-5-8-22-27(2,10-9-23(34)28(22,3)15-33)21(16)7-6-17-12-20(36-25(17)35)13-19-11-18-14-30-26(29)31-24(18)32(19)4/h6-7,11-14,21-23,29,33-35H,1,5,8-10,15H2,2-4H3/b7-6+,19-13-,29-26?/t21?,22?,23-,27+,28-/m0/s1. The number of aliphatic hydroxyl groups excluding tert-OH is 2. The van der Waals surface area contributed by atoms with Crippen LogP contribution in [0.1, 0.15) is 56.4 Å². The fourth-order valence-corrected chi connectivity index (χ4v) is 6.71. The number of aromatic hydroxyl groups is 1. The van der Waals surface area contributed by atoms with Gasteiger partial charge in [-0.05, 0) is 49.1 Å². The van der Waals surface area contributed by atoms with E-state index in [1.165, 1.54) is 0 Å². The number of hydrogen-bond donors (Lipinski definition) is 4. The van der Waals surface area contributed by atoms with Crippen molar-refractivity contribution in [2.45, 2.75) is 45.6 Å². The lowest BCUT2D eigenvalue weighted by atomic mass is 9.46. The molecule has 2 aromatic rings. The molecule has 2 aromatic heterocycles. The van der Waals surface area contributed by atoms with Crippen LogP contribution in [0.2, 0.25) is 0 Å². The Bertz CT molecular complexity index is 1410. The van der Waals surface area contributed by atoms with Crippen LogP contribution in [0.5, 0.6) is 5.95 Å². The molecule has 36 heavy (non-hydrogen) atoms. The van der Waals surface area contributed by atoms with E-state index < -0.39 is 11.5 Å². The number of allylic oxidation sites excluding steroid dienone is 2.